The number of aromatic carboxylic acids is 1. The molecule has 1 amide bonds. The number of carbonyl (C=O) groups excluding carboxylic acids is 1. The number of ether oxygens (including phenoxy) is 1. The predicted octanol–water partition coefficient (Wildman–Crippen LogP) is 2.72. The Hall–Kier alpha value is -2.09. The summed E-state index contributed by atoms with van der Waals surface area (Å²) in [5, 5.41) is 11.5. The largest absolute Gasteiger partial charge is 0.489 e. The number of carboxylic acid groups (broad SMARTS) is 1. The zero-order chi connectivity index (χ0) is 19.0. The number of hydrogen-bond acceptors (Lipinski definition) is 5. The Morgan fingerprint density at radius 3 is 2.48 bits per heavy atom. The molecule has 0 fully saturated rings. The molecule has 0 aliphatic heterocycles. The van der Waals surface area contributed by atoms with Gasteiger partial charge in [-0.05, 0) is 38.5 Å². The first-order valence-electron chi connectivity index (χ1n) is 8.19. The molecule has 1 aromatic carbocycles. The van der Waals surface area contributed by atoms with Crippen molar-refractivity contribution in [3.63, 3.8) is 0 Å². The van der Waals surface area contributed by atoms with Crippen LogP contribution >= 0.6 is 0 Å². The van der Waals surface area contributed by atoms with Crippen molar-refractivity contribution in [1.29, 1.82) is 0 Å². The molecule has 2 N–H and O–H groups in total. The smallest absolute Gasteiger partial charge is 0.335 e. The van der Waals surface area contributed by atoms with Crippen LogP contribution in [0.2, 0.25) is 0 Å². The third-order valence-electron chi connectivity index (χ3n) is 3.27. The Kier molecular flexibility index (Phi) is 7.89. The van der Waals surface area contributed by atoms with E-state index in [-0.39, 0.29) is 28.9 Å². The van der Waals surface area contributed by atoms with E-state index in [1.807, 2.05) is 6.92 Å². The van der Waals surface area contributed by atoms with Gasteiger partial charge in [-0.15, -0.1) is 0 Å². The summed E-state index contributed by atoms with van der Waals surface area (Å²) < 4.78 is 29.4. The van der Waals surface area contributed by atoms with Crippen molar-refractivity contribution in [2.24, 2.45) is 0 Å². The summed E-state index contributed by atoms with van der Waals surface area (Å²) in [5.74, 6) is -2.27. The maximum Gasteiger partial charge on any atom is 0.335 e. The fraction of sp³-hybridized carbons (Fsp3) is 0.529. The van der Waals surface area contributed by atoms with Crippen LogP contribution in [0, 0.1) is 0 Å². The number of anilines is 1. The summed E-state index contributed by atoms with van der Waals surface area (Å²) in [6.07, 6.45) is 2.00. The third-order valence-corrected chi connectivity index (χ3v) is 4.89. The molecule has 0 atom stereocenters. The number of nitrogens with one attached hydrogen (secondary N) is 1. The lowest BCUT2D eigenvalue weighted by atomic mass is 10.2. The van der Waals surface area contributed by atoms with E-state index >= 15 is 0 Å². The van der Waals surface area contributed by atoms with Crippen molar-refractivity contribution < 1.29 is 27.9 Å². The minimum Gasteiger partial charge on any atom is -0.489 e. The van der Waals surface area contributed by atoms with Gasteiger partial charge >= 0.3 is 5.97 Å². The average molecular weight is 371 g/mol. The average Bonchev–Trinajstić information content (AvgIpc) is 2.47. The molecule has 8 heteroatoms. The van der Waals surface area contributed by atoms with E-state index in [9.17, 15) is 18.0 Å². The van der Waals surface area contributed by atoms with Crippen LogP contribution in [-0.2, 0) is 14.6 Å². The van der Waals surface area contributed by atoms with E-state index < -0.39 is 27.5 Å². The van der Waals surface area contributed by atoms with Gasteiger partial charge in [0.2, 0.25) is 5.91 Å². The predicted molar refractivity (Wildman–Crippen MR) is 96.0 cm³/mol. The molecule has 1 aromatic rings. The van der Waals surface area contributed by atoms with Crippen LogP contribution in [0.4, 0.5) is 5.69 Å². The van der Waals surface area contributed by atoms with E-state index in [0.717, 1.165) is 12.8 Å². The lowest BCUT2D eigenvalue weighted by molar-refractivity contribution is -0.113. The molecule has 0 aromatic heterocycles. The minimum absolute atomic E-state index is 0.0304. The van der Waals surface area contributed by atoms with Crippen molar-refractivity contribution in [3.8, 4) is 5.75 Å². The number of rotatable bonds is 10. The molecule has 0 heterocycles. The van der Waals surface area contributed by atoms with E-state index in [1.165, 1.54) is 18.2 Å². The van der Waals surface area contributed by atoms with Crippen molar-refractivity contribution in [2.75, 3.05) is 16.8 Å². The normalized spacial score (nSPS) is 11.4. The molecule has 0 saturated carbocycles. The van der Waals surface area contributed by atoms with Gasteiger partial charge in [0.25, 0.3) is 0 Å². The van der Waals surface area contributed by atoms with E-state index in [1.54, 1.807) is 13.8 Å². The minimum atomic E-state index is -3.50. The highest BCUT2D eigenvalue weighted by molar-refractivity contribution is 7.92. The monoisotopic (exact) mass is 371 g/mol. The second kappa shape index (κ2) is 9.41. The Labute approximate surface area is 148 Å². The van der Waals surface area contributed by atoms with Crippen LogP contribution in [0.3, 0.4) is 0 Å². The van der Waals surface area contributed by atoms with Crippen molar-refractivity contribution in [1.82, 2.24) is 0 Å². The van der Waals surface area contributed by atoms with Gasteiger partial charge in [-0.2, -0.15) is 0 Å². The molecule has 0 unspecified atom stereocenters. The number of benzene rings is 1. The van der Waals surface area contributed by atoms with Crippen LogP contribution in [0.15, 0.2) is 18.2 Å². The van der Waals surface area contributed by atoms with E-state index in [2.05, 4.69) is 5.32 Å². The number of carbonyl (C=O) groups is 2. The second-order valence-electron chi connectivity index (χ2n) is 6.03. The Balaban J connectivity index is 2.90. The molecule has 1 rings (SSSR count). The Morgan fingerprint density at radius 2 is 1.92 bits per heavy atom. The van der Waals surface area contributed by atoms with E-state index in [4.69, 9.17) is 9.84 Å². The molecular formula is C17H25NO6S. The summed E-state index contributed by atoms with van der Waals surface area (Å²) in [7, 11) is -3.50. The molecule has 0 aliphatic rings. The van der Waals surface area contributed by atoms with Gasteiger partial charge in [0, 0.05) is 0 Å². The molecule has 0 aliphatic carbocycles. The van der Waals surface area contributed by atoms with Crippen LogP contribution in [0.25, 0.3) is 0 Å². The first kappa shape index (κ1) is 21.0. The SMILES string of the molecule is CCCCCS(=O)(=O)CC(=O)Nc1cc(C(=O)O)ccc1OC(C)C. The fourth-order valence-electron chi connectivity index (χ4n) is 2.15. The molecular weight excluding hydrogens is 346 g/mol. The molecule has 7 nitrogen and oxygen atoms in total. The Morgan fingerprint density at radius 1 is 1.24 bits per heavy atom. The molecule has 0 spiro atoms. The second-order valence-corrected chi connectivity index (χ2v) is 8.21. The first-order chi connectivity index (χ1) is 11.6. The number of unbranched alkanes of at least 4 members (excludes halogenated alkanes) is 2. The zero-order valence-electron chi connectivity index (χ0n) is 14.7. The van der Waals surface area contributed by atoms with Gasteiger partial charge in [0.1, 0.15) is 11.5 Å². The highest BCUT2D eigenvalue weighted by atomic mass is 32.2. The van der Waals surface area contributed by atoms with Crippen molar-refractivity contribution in [3.05, 3.63) is 23.8 Å². The van der Waals surface area contributed by atoms with Gasteiger partial charge in [-0.25, -0.2) is 13.2 Å². The van der Waals surface area contributed by atoms with Gasteiger partial charge in [-0.3, -0.25) is 4.79 Å². The third kappa shape index (κ3) is 7.55. The molecule has 25 heavy (non-hydrogen) atoms. The summed E-state index contributed by atoms with van der Waals surface area (Å²) in [4.78, 5) is 23.2. The highest BCUT2D eigenvalue weighted by Crippen LogP contribution is 2.27. The van der Waals surface area contributed by atoms with Gasteiger partial charge in [-0.1, -0.05) is 19.8 Å². The quantitative estimate of drug-likeness (QED) is 0.612. The highest BCUT2D eigenvalue weighted by Gasteiger charge is 2.19. The zero-order valence-corrected chi connectivity index (χ0v) is 15.6. The van der Waals surface area contributed by atoms with Crippen LogP contribution < -0.4 is 10.1 Å². The van der Waals surface area contributed by atoms with Gasteiger partial charge < -0.3 is 15.2 Å². The van der Waals surface area contributed by atoms with Crippen molar-refractivity contribution >= 4 is 27.4 Å². The lowest BCUT2D eigenvalue weighted by Gasteiger charge is -2.15. The number of hydrogen-bond donors (Lipinski definition) is 2. The lowest BCUT2D eigenvalue weighted by Crippen LogP contribution is -2.25. The van der Waals surface area contributed by atoms with Crippen molar-refractivity contribution in [2.45, 2.75) is 46.1 Å². The topological polar surface area (TPSA) is 110 Å². The van der Waals surface area contributed by atoms with E-state index in [0.29, 0.717) is 6.42 Å². The van der Waals surface area contributed by atoms with Gasteiger partial charge in [0.05, 0.1) is 23.1 Å². The van der Waals surface area contributed by atoms with Crippen LogP contribution in [0.1, 0.15) is 50.4 Å². The number of carboxylic acids is 1. The summed E-state index contributed by atoms with van der Waals surface area (Å²) >= 11 is 0. The Bertz CT molecular complexity index is 712. The number of amides is 1. The molecule has 0 radical (unpaired) electrons. The maximum atomic E-state index is 12.1. The molecule has 140 valence electrons. The van der Waals surface area contributed by atoms with Gasteiger partial charge in [0.15, 0.2) is 9.84 Å². The summed E-state index contributed by atoms with van der Waals surface area (Å²) in [6, 6.07) is 4.05. The maximum absolute atomic E-state index is 12.1. The fourth-order valence-corrected chi connectivity index (χ4v) is 3.41. The standard InChI is InChI=1S/C17H25NO6S/c1-4-5-6-9-25(22,23)11-16(19)18-14-10-13(17(20)21)7-8-15(14)24-12(2)3/h7-8,10,12H,4-6,9,11H2,1-3H3,(H,18,19)(H,20,21). The van der Waals surface area contributed by atoms with Crippen LogP contribution in [0.5, 0.6) is 5.75 Å². The summed E-state index contributed by atoms with van der Waals surface area (Å²) in [6.45, 7) is 5.54. The molecule has 0 bridgehead atoms. The first-order valence-corrected chi connectivity index (χ1v) is 10.0. The van der Waals surface area contributed by atoms with Crippen LogP contribution in [-0.4, -0.2) is 43.0 Å². The summed E-state index contributed by atoms with van der Waals surface area (Å²) in [5.41, 5.74) is 0.111. The number of sulfone groups is 1. The molecule has 0 saturated heterocycles.